The van der Waals surface area contributed by atoms with Crippen molar-refractivity contribution in [2.45, 2.75) is 13.5 Å². The lowest BCUT2D eigenvalue weighted by atomic mass is 10.1. The molecule has 0 aliphatic carbocycles. The molecule has 2 rings (SSSR count). The fourth-order valence-electron chi connectivity index (χ4n) is 1.58. The van der Waals surface area contributed by atoms with Crippen LogP contribution in [0, 0.1) is 12.7 Å². The van der Waals surface area contributed by atoms with Crippen molar-refractivity contribution >= 4 is 17.5 Å². The van der Waals surface area contributed by atoms with Crippen molar-refractivity contribution in [1.29, 1.82) is 0 Å². The Balaban J connectivity index is 2.05. The quantitative estimate of drug-likeness (QED) is 0.877. The van der Waals surface area contributed by atoms with E-state index in [0.717, 1.165) is 11.1 Å². The van der Waals surface area contributed by atoms with Gasteiger partial charge in [0.15, 0.2) is 11.0 Å². The predicted octanol–water partition coefficient (Wildman–Crippen LogP) is 3.11. The Bertz CT molecular complexity index is 599. The van der Waals surface area contributed by atoms with E-state index >= 15 is 0 Å². The molecule has 0 atom stereocenters. The normalized spacial score (nSPS) is 10.3. The Morgan fingerprint density at radius 2 is 2.00 bits per heavy atom. The first-order valence-electron chi connectivity index (χ1n) is 5.71. The van der Waals surface area contributed by atoms with Crippen LogP contribution in [-0.4, -0.2) is 10.9 Å². The number of benzene rings is 1. The molecule has 1 amide bonds. The molecule has 0 unspecified atom stereocenters. The van der Waals surface area contributed by atoms with Gasteiger partial charge in [-0.1, -0.05) is 41.4 Å². The number of nitrogens with zero attached hydrogens (tertiary/aromatic N) is 1. The van der Waals surface area contributed by atoms with E-state index in [1.807, 2.05) is 31.2 Å². The number of hydrogen-bond donors (Lipinski definition) is 1. The second-order valence-electron chi connectivity index (χ2n) is 4.13. The summed E-state index contributed by atoms with van der Waals surface area (Å²) in [4.78, 5) is 15.4. The van der Waals surface area contributed by atoms with Crippen molar-refractivity contribution < 1.29 is 9.18 Å². The number of hydrogen-bond acceptors (Lipinski definition) is 2. The summed E-state index contributed by atoms with van der Waals surface area (Å²) in [6, 6.07) is 9.01. The van der Waals surface area contributed by atoms with Crippen LogP contribution in [0.1, 0.15) is 21.5 Å². The summed E-state index contributed by atoms with van der Waals surface area (Å²) in [5.41, 5.74) is 1.98. The van der Waals surface area contributed by atoms with Crippen molar-refractivity contribution in [2.24, 2.45) is 0 Å². The molecule has 1 aromatic heterocycles. The molecule has 0 spiro atoms. The van der Waals surface area contributed by atoms with Gasteiger partial charge in [-0.2, -0.15) is 0 Å². The summed E-state index contributed by atoms with van der Waals surface area (Å²) >= 11 is 5.53. The van der Waals surface area contributed by atoms with Crippen molar-refractivity contribution in [2.75, 3.05) is 0 Å². The van der Waals surface area contributed by atoms with E-state index in [-0.39, 0.29) is 10.7 Å². The molecule has 98 valence electrons. The van der Waals surface area contributed by atoms with Gasteiger partial charge in [0.05, 0.1) is 5.56 Å². The van der Waals surface area contributed by atoms with Crippen LogP contribution < -0.4 is 5.32 Å². The number of aryl methyl sites for hydroxylation is 1. The first-order chi connectivity index (χ1) is 9.08. The smallest absolute Gasteiger partial charge is 0.254 e. The van der Waals surface area contributed by atoms with E-state index in [1.165, 1.54) is 12.3 Å². The third kappa shape index (κ3) is 3.29. The third-order valence-electron chi connectivity index (χ3n) is 2.66. The van der Waals surface area contributed by atoms with Crippen molar-refractivity contribution in [3.8, 4) is 0 Å². The van der Waals surface area contributed by atoms with E-state index < -0.39 is 11.7 Å². The summed E-state index contributed by atoms with van der Waals surface area (Å²) < 4.78 is 13.6. The number of rotatable bonds is 3. The summed E-state index contributed by atoms with van der Waals surface area (Å²) in [7, 11) is 0. The molecular weight excluding hydrogens is 267 g/mol. The first-order valence-corrected chi connectivity index (χ1v) is 6.09. The number of aromatic nitrogens is 1. The second-order valence-corrected chi connectivity index (χ2v) is 4.49. The molecule has 0 saturated heterocycles. The van der Waals surface area contributed by atoms with E-state index in [1.54, 1.807) is 0 Å². The molecule has 0 saturated carbocycles. The highest BCUT2D eigenvalue weighted by atomic mass is 35.5. The number of halogens is 2. The third-order valence-corrected chi connectivity index (χ3v) is 2.93. The molecule has 1 heterocycles. The average Bonchev–Trinajstić information content (AvgIpc) is 2.41. The Morgan fingerprint density at radius 1 is 1.32 bits per heavy atom. The monoisotopic (exact) mass is 278 g/mol. The molecule has 3 nitrogen and oxygen atoms in total. The molecule has 1 N–H and O–H groups in total. The summed E-state index contributed by atoms with van der Waals surface area (Å²) in [6.07, 6.45) is 1.30. The van der Waals surface area contributed by atoms with Gasteiger partial charge in [-0.25, -0.2) is 9.37 Å². The largest absolute Gasteiger partial charge is 0.348 e. The fourth-order valence-corrected chi connectivity index (χ4v) is 1.74. The number of nitrogens with one attached hydrogen (secondary N) is 1. The van der Waals surface area contributed by atoms with Crippen LogP contribution >= 0.6 is 11.6 Å². The summed E-state index contributed by atoms with van der Waals surface area (Å²) in [6.45, 7) is 2.31. The van der Waals surface area contributed by atoms with Gasteiger partial charge in [-0.05, 0) is 18.6 Å². The van der Waals surface area contributed by atoms with E-state index in [9.17, 15) is 9.18 Å². The van der Waals surface area contributed by atoms with Crippen LogP contribution in [0.5, 0.6) is 0 Å². The average molecular weight is 279 g/mol. The van der Waals surface area contributed by atoms with E-state index in [4.69, 9.17) is 11.6 Å². The van der Waals surface area contributed by atoms with Crippen LogP contribution in [0.15, 0.2) is 36.5 Å². The Kier molecular flexibility index (Phi) is 4.12. The molecule has 0 radical (unpaired) electrons. The van der Waals surface area contributed by atoms with Gasteiger partial charge in [-0.15, -0.1) is 0 Å². The van der Waals surface area contributed by atoms with Crippen molar-refractivity contribution in [3.63, 3.8) is 0 Å². The fraction of sp³-hybridized carbons (Fsp3) is 0.143. The molecule has 0 fully saturated rings. The topological polar surface area (TPSA) is 42.0 Å². The van der Waals surface area contributed by atoms with Gasteiger partial charge < -0.3 is 5.32 Å². The van der Waals surface area contributed by atoms with Crippen LogP contribution in [0.2, 0.25) is 5.15 Å². The molecule has 0 aliphatic rings. The van der Waals surface area contributed by atoms with Crippen LogP contribution in [0.4, 0.5) is 4.39 Å². The zero-order chi connectivity index (χ0) is 13.8. The number of pyridine rings is 1. The van der Waals surface area contributed by atoms with Gasteiger partial charge in [0.2, 0.25) is 0 Å². The van der Waals surface area contributed by atoms with E-state index in [2.05, 4.69) is 10.3 Å². The SMILES string of the molecule is Cc1ccc(CNC(=O)c2ccnc(Cl)c2F)cc1. The maximum Gasteiger partial charge on any atom is 0.254 e. The minimum absolute atomic E-state index is 0.105. The zero-order valence-corrected chi connectivity index (χ0v) is 11.0. The van der Waals surface area contributed by atoms with Gasteiger partial charge in [0.1, 0.15) is 0 Å². The van der Waals surface area contributed by atoms with Crippen LogP contribution in [0.25, 0.3) is 0 Å². The van der Waals surface area contributed by atoms with Gasteiger partial charge in [-0.3, -0.25) is 4.79 Å². The standard InChI is InChI=1S/C14H12ClFN2O/c1-9-2-4-10(5-3-9)8-18-14(19)11-6-7-17-13(15)12(11)16/h2-7H,8H2,1H3,(H,18,19). The van der Waals surface area contributed by atoms with Gasteiger partial charge in [0.25, 0.3) is 5.91 Å². The number of carbonyl (C=O) groups excluding carboxylic acids is 1. The van der Waals surface area contributed by atoms with Crippen molar-refractivity contribution in [1.82, 2.24) is 10.3 Å². The molecule has 1 aromatic carbocycles. The Morgan fingerprint density at radius 3 is 2.68 bits per heavy atom. The Labute approximate surface area is 115 Å². The number of amides is 1. The molecule has 5 heteroatoms. The molecule has 2 aromatic rings. The minimum Gasteiger partial charge on any atom is -0.348 e. The summed E-state index contributed by atoms with van der Waals surface area (Å²) in [5, 5.41) is 2.33. The molecule has 19 heavy (non-hydrogen) atoms. The molecular formula is C14H12ClFN2O. The molecule has 0 bridgehead atoms. The lowest BCUT2D eigenvalue weighted by Crippen LogP contribution is -2.24. The van der Waals surface area contributed by atoms with Crippen LogP contribution in [-0.2, 0) is 6.54 Å². The highest BCUT2D eigenvalue weighted by molar-refractivity contribution is 6.29. The maximum atomic E-state index is 13.6. The number of carbonyl (C=O) groups is 1. The van der Waals surface area contributed by atoms with Gasteiger partial charge >= 0.3 is 0 Å². The zero-order valence-electron chi connectivity index (χ0n) is 10.3. The first kappa shape index (κ1) is 13.5. The lowest BCUT2D eigenvalue weighted by molar-refractivity contribution is 0.0946. The molecule has 0 aliphatic heterocycles. The highest BCUT2D eigenvalue weighted by Crippen LogP contribution is 2.14. The minimum atomic E-state index is -0.800. The lowest BCUT2D eigenvalue weighted by Gasteiger charge is -2.07. The van der Waals surface area contributed by atoms with Crippen LogP contribution in [0.3, 0.4) is 0 Å². The summed E-state index contributed by atoms with van der Waals surface area (Å²) in [5.74, 6) is -1.31. The second kappa shape index (κ2) is 5.80. The maximum absolute atomic E-state index is 13.6. The van der Waals surface area contributed by atoms with Crippen molar-refractivity contribution in [3.05, 3.63) is 64.2 Å². The highest BCUT2D eigenvalue weighted by Gasteiger charge is 2.14. The predicted molar refractivity (Wildman–Crippen MR) is 71.6 cm³/mol. The van der Waals surface area contributed by atoms with Gasteiger partial charge in [0, 0.05) is 12.7 Å². The van der Waals surface area contributed by atoms with E-state index in [0.29, 0.717) is 6.54 Å². The Hall–Kier alpha value is -1.94.